The van der Waals surface area contributed by atoms with Crippen molar-refractivity contribution in [2.75, 3.05) is 14.2 Å². The predicted octanol–water partition coefficient (Wildman–Crippen LogP) is 3.57. The summed E-state index contributed by atoms with van der Waals surface area (Å²) in [6.45, 7) is 1.95. The minimum Gasteiger partial charge on any atom is -0.497 e. The van der Waals surface area contributed by atoms with E-state index in [9.17, 15) is 4.79 Å². The second-order valence-electron chi connectivity index (χ2n) is 3.80. The van der Waals surface area contributed by atoms with E-state index in [2.05, 4.69) is 4.98 Å². The first kappa shape index (κ1) is 13.8. The van der Waals surface area contributed by atoms with Crippen molar-refractivity contribution >= 4 is 28.9 Å². The highest BCUT2D eigenvalue weighted by Gasteiger charge is 2.19. The summed E-state index contributed by atoms with van der Waals surface area (Å²) in [5.74, 6) is 0.0334. The van der Waals surface area contributed by atoms with Crippen LogP contribution in [0.4, 0.5) is 0 Å². The molecule has 0 spiro atoms. The van der Waals surface area contributed by atoms with Gasteiger partial charge in [-0.2, -0.15) is 0 Å². The lowest BCUT2D eigenvalue weighted by atomic mass is 10.1. The molecular weight excluding hydrogens is 286 g/mol. The normalized spacial score (nSPS) is 10.3. The molecule has 0 saturated carbocycles. The number of carbonyl (C=O) groups excluding carboxylic acids is 1. The van der Waals surface area contributed by atoms with E-state index in [-0.39, 0.29) is 5.56 Å². The number of methoxy groups -OCH3 is 2. The van der Waals surface area contributed by atoms with Crippen LogP contribution in [0.25, 0.3) is 10.6 Å². The monoisotopic (exact) mass is 297 g/mol. The lowest BCUT2D eigenvalue weighted by Gasteiger charge is -2.09. The first-order valence-electron chi connectivity index (χ1n) is 5.45. The molecule has 0 radical (unpaired) electrons. The van der Waals surface area contributed by atoms with Crippen LogP contribution in [0.5, 0.6) is 5.75 Å². The average molecular weight is 298 g/mol. The molecule has 0 saturated heterocycles. The fourth-order valence-electron chi connectivity index (χ4n) is 1.61. The van der Waals surface area contributed by atoms with Crippen LogP contribution in [0.3, 0.4) is 0 Å². The van der Waals surface area contributed by atoms with E-state index >= 15 is 0 Å². The van der Waals surface area contributed by atoms with Gasteiger partial charge in [0.05, 0.1) is 24.8 Å². The average Bonchev–Trinajstić information content (AvgIpc) is 2.84. The number of hydrogen-bond donors (Lipinski definition) is 0. The largest absolute Gasteiger partial charge is 0.497 e. The Balaban J connectivity index is 2.63. The third-order valence-electron chi connectivity index (χ3n) is 2.54. The number of thiazole rings is 1. The molecule has 19 heavy (non-hydrogen) atoms. The standard InChI is InChI=1S/C13H12ClNO3S/c1-7-6-15-12(19-7)9-4-8(17-2)5-10(11(9)14)13(16)18-3/h4-6H,1-3H3. The first-order chi connectivity index (χ1) is 9.06. The Morgan fingerprint density at radius 2 is 2.11 bits per heavy atom. The van der Waals surface area contributed by atoms with Crippen molar-refractivity contribution in [2.24, 2.45) is 0 Å². The Hall–Kier alpha value is -1.59. The van der Waals surface area contributed by atoms with Crippen molar-refractivity contribution in [2.45, 2.75) is 6.92 Å². The molecule has 1 aromatic carbocycles. The molecule has 0 aliphatic heterocycles. The van der Waals surface area contributed by atoms with Crippen LogP contribution in [0.1, 0.15) is 15.2 Å². The maximum Gasteiger partial charge on any atom is 0.339 e. The number of rotatable bonds is 3. The zero-order valence-electron chi connectivity index (χ0n) is 10.7. The lowest BCUT2D eigenvalue weighted by Crippen LogP contribution is -2.03. The minimum atomic E-state index is -0.501. The quantitative estimate of drug-likeness (QED) is 0.813. The van der Waals surface area contributed by atoms with Crippen molar-refractivity contribution in [1.82, 2.24) is 4.98 Å². The molecule has 0 bridgehead atoms. The molecule has 0 N–H and O–H groups in total. The number of halogens is 1. The summed E-state index contributed by atoms with van der Waals surface area (Å²) in [6.07, 6.45) is 1.76. The van der Waals surface area contributed by atoms with Crippen LogP contribution >= 0.6 is 22.9 Å². The van der Waals surface area contributed by atoms with Gasteiger partial charge in [-0.1, -0.05) is 11.6 Å². The Morgan fingerprint density at radius 3 is 2.63 bits per heavy atom. The van der Waals surface area contributed by atoms with Crippen LogP contribution in [-0.4, -0.2) is 25.2 Å². The highest BCUT2D eigenvalue weighted by molar-refractivity contribution is 7.15. The van der Waals surface area contributed by atoms with Gasteiger partial charge in [0.1, 0.15) is 10.8 Å². The Morgan fingerprint density at radius 1 is 1.37 bits per heavy atom. The number of carbonyl (C=O) groups is 1. The van der Waals surface area contributed by atoms with E-state index in [1.165, 1.54) is 25.6 Å². The van der Waals surface area contributed by atoms with Gasteiger partial charge in [0.25, 0.3) is 0 Å². The maximum absolute atomic E-state index is 11.7. The molecule has 4 nitrogen and oxygen atoms in total. The molecule has 0 aliphatic rings. The molecular formula is C13H12ClNO3S. The highest BCUT2D eigenvalue weighted by Crippen LogP contribution is 2.36. The van der Waals surface area contributed by atoms with Gasteiger partial charge in [-0.05, 0) is 19.1 Å². The molecule has 2 aromatic rings. The predicted molar refractivity (Wildman–Crippen MR) is 75.2 cm³/mol. The van der Waals surface area contributed by atoms with Crippen molar-refractivity contribution in [3.8, 4) is 16.3 Å². The van der Waals surface area contributed by atoms with Crippen LogP contribution in [0.2, 0.25) is 5.02 Å². The number of hydrogen-bond acceptors (Lipinski definition) is 5. The molecule has 1 aromatic heterocycles. The second-order valence-corrected chi connectivity index (χ2v) is 5.42. The summed E-state index contributed by atoms with van der Waals surface area (Å²) in [7, 11) is 2.84. The summed E-state index contributed by atoms with van der Waals surface area (Å²) >= 11 is 7.76. The Kier molecular flexibility index (Phi) is 4.07. The van der Waals surface area contributed by atoms with E-state index < -0.39 is 5.97 Å². The van der Waals surface area contributed by atoms with E-state index in [0.717, 1.165) is 9.88 Å². The summed E-state index contributed by atoms with van der Waals surface area (Å²) in [4.78, 5) is 17.1. The number of esters is 1. The smallest absolute Gasteiger partial charge is 0.339 e. The number of benzene rings is 1. The first-order valence-corrected chi connectivity index (χ1v) is 6.65. The summed E-state index contributed by atoms with van der Waals surface area (Å²) < 4.78 is 9.90. The van der Waals surface area contributed by atoms with Gasteiger partial charge in [-0.3, -0.25) is 0 Å². The van der Waals surface area contributed by atoms with Gasteiger partial charge in [-0.25, -0.2) is 9.78 Å². The fraction of sp³-hybridized carbons (Fsp3) is 0.231. The van der Waals surface area contributed by atoms with Gasteiger partial charge in [0, 0.05) is 16.6 Å². The SMILES string of the molecule is COC(=O)c1cc(OC)cc(-c2ncc(C)s2)c1Cl. The van der Waals surface area contributed by atoms with E-state index in [0.29, 0.717) is 16.3 Å². The van der Waals surface area contributed by atoms with Crippen molar-refractivity contribution in [1.29, 1.82) is 0 Å². The molecule has 6 heteroatoms. The van der Waals surface area contributed by atoms with E-state index in [1.54, 1.807) is 18.3 Å². The molecule has 0 aliphatic carbocycles. The summed E-state index contributed by atoms with van der Waals surface area (Å²) in [6, 6.07) is 3.31. The lowest BCUT2D eigenvalue weighted by molar-refractivity contribution is 0.0600. The second kappa shape index (κ2) is 5.59. The zero-order chi connectivity index (χ0) is 14.0. The Bertz CT molecular complexity index is 624. The zero-order valence-corrected chi connectivity index (χ0v) is 12.3. The molecule has 100 valence electrons. The number of ether oxygens (including phenoxy) is 2. The molecule has 0 unspecified atom stereocenters. The summed E-state index contributed by atoms with van der Waals surface area (Å²) in [5, 5.41) is 1.06. The molecule has 0 atom stereocenters. The fourth-order valence-corrected chi connectivity index (χ4v) is 2.73. The van der Waals surface area contributed by atoms with Gasteiger partial charge in [-0.15, -0.1) is 11.3 Å². The van der Waals surface area contributed by atoms with Gasteiger partial charge >= 0.3 is 5.97 Å². The van der Waals surface area contributed by atoms with Crippen LogP contribution in [-0.2, 0) is 4.74 Å². The number of nitrogens with zero attached hydrogens (tertiary/aromatic N) is 1. The highest BCUT2D eigenvalue weighted by atomic mass is 35.5. The third kappa shape index (κ3) is 2.72. The van der Waals surface area contributed by atoms with Crippen LogP contribution in [0.15, 0.2) is 18.3 Å². The van der Waals surface area contributed by atoms with Gasteiger partial charge in [0.2, 0.25) is 0 Å². The molecule has 0 amide bonds. The Labute approximate surface area is 120 Å². The van der Waals surface area contributed by atoms with Crippen LogP contribution in [0, 0.1) is 6.92 Å². The molecule has 2 rings (SSSR count). The summed E-state index contributed by atoms with van der Waals surface area (Å²) in [5.41, 5.74) is 0.936. The van der Waals surface area contributed by atoms with Crippen molar-refractivity contribution < 1.29 is 14.3 Å². The van der Waals surface area contributed by atoms with E-state index in [4.69, 9.17) is 21.1 Å². The third-order valence-corrected chi connectivity index (χ3v) is 3.89. The molecule has 1 heterocycles. The van der Waals surface area contributed by atoms with Crippen LogP contribution < -0.4 is 4.74 Å². The van der Waals surface area contributed by atoms with Gasteiger partial charge in [0.15, 0.2) is 0 Å². The molecule has 0 fully saturated rings. The topological polar surface area (TPSA) is 48.4 Å². The number of aryl methyl sites for hydroxylation is 1. The van der Waals surface area contributed by atoms with E-state index in [1.807, 2.05) is 6.92 Å². The van der Waals surface area contributed by atoms with Gasteiger partial charge < -0.3 is 9.47 Å². The van der Waals surface area contributed by atoms with Crippen molar-refractivity contribution in [3.05, 3.63) is 33.8 Å². The van der Waals surface area contributed by atoms with Crippen molar-refractivity contribution in [3.63, 3.8) is 0 Å². The minimum absolute atomic E-state index is 0.270. The number of aromatic nitrogens is 1. The maximum atomic E-state index is 11.7.